The molecule has 19 heavy (non-hydrogen) atoms. The summed E-state index contributed by atoms with van der Waals surface area (Å²) in [5.74, 6) is 0. The SMILES string of the molecule is CNCc1ccc(N(C)Cc2scnc2C)cc1Cl. The minimum Gasteiger partial charge on any atom is -0.369 e. The molecule has 0 radical (unpaired) electrons. The van der Waals surface area contributed by atoms with Crippen molar-refractivity contribution in [2.24, 2.45) is 0 Å². The topological polar surface area (TPSA) is 28.2 Å². The summed E-state index contributed by atoms with van der Waals surface area (Å²) >= 11 is 7.98. The van der Waals surface area contributed by atoms with Crippen molar-refractivity contribution in [1.82, 2.24) is 10.3 Å². The van der Waals surface area contributed by atoms with Crippen molar-refractivity contribution >= 4 is 28.6 Å². The number of benzene rings is 1. The van der Waals surface area contributed by atoms with Crippen LogP contribution in [0.15, 0.2) is 23.7 Å². The maximum absolute atomic E-state index is 6.29. The van der Waals surface area contributed by atoms with E-state index in [1.807, 2.05) is 25.5 Å². The smallest absolute Gasteiger partial charge is 0.0798 e. The van der Waals surface area contributed by atoms with Gasteiger partial charge in [0, 0.05) is 29.2 Å². The highest BCUT2D eigenvalue weighted by Gasteiger charge is 2.08. The molecule has 3 nitrogen and oxygen atoms in total. The number of halogens is 1. The van der Waals surface area contributed by atoms with E-state index in [1.165, 1.54) is 4.88 Å². The van der Waals surface area contributed by atoms with Crippen LogP contribution in [-0.2, 0) is 13.1 Å². The fraction of sp³-hybridized carbons (Fsp3) is 0.357. The van der Waals surface area contributed by atoms with Gasteiger partial charge in [-0.1, -0.05) is 17.7 Å². The van der Waals surface area contributed by atoms with E-state index in [0.29, 0.717) is 0 Å². The molecule has 1 aromatic carbocycles. The number of thiazole rings is 1. The number of aromatic nitrogens is 1. The summed E-state index contributed by atoms with van der Waals surface area (Å²) in [7, 11) is 3.99. The molecule has 0 saturated heterocycles. The monoisotopic (exact) mass is 295 g/mol. The molecule has 0 amide bonds. The van der Waals surface area contributed by atoms with Gasteiger partial charge in [-0.2, -0.15) is 0 Å². The Hall–Kier alpha value is -1.10. The molecule has 1 heterocycles. The Morgan fingerprint density at radius 1 is 1.42 bits per heavy atom. The summed E-state index contributed by atoms with van der Waals surface area (Å²) in [6, 6.07) is 6.20. The normalized spacial score (nSPS) is 10.7. The fourth-order valence-electron chi connectivity index (χ4n) is 1.89. The predicted octanol–water partition coefficient (Wildman–Crippen LogP) is 3.46. The van der Waals surface area contributed by atoms with E-state index >= 15 is 0 Å². The second-order valence-electron chi connectivity index (χ2n) is 4.52. The predicted molar refractivity (Wildman–Crippen MR) is 83.2 cm³/mol. The molecule has 1 aromatic heterocycles. The average molecular weight is 296 g/mol. The lowest BCUT2D eigenvalue weighted by Gasteiger charge is -2.19. The van der Waals surface area contributed by atoms with Gasteiger partial charge in [0.25, 0.3) is 0 Å². The maximum atomic E-state index is 6.29. The Bertz CT molecular complexity index is 553. The molecule has 0 atom stereocenters. The summed E-state index contributed by atoms with van der Waals surface area (Å²) in [5, 5.41) is 3.92. The van der Waals surface area contributed by atoms with E-state index < -0.39 is 0 Å². The van der Waals surface area contributed by atoms with Crippen LogP contribution in [-0.4, -0.2) is 19.1 Å². The third-order valence-electron chi connectivity index (χ3n) is 3.07. The van der Waals surface area contributed by atoms with Gasteiger partial charge in [-0.15, -0.1) is 11.3 Å². The molecule has 0 spiro atoms. The molecule has 0 aliphatic carbocycles. The molecule has 0 unspecified atom stereocenters. The zero-order chi connectivity index (χ0) is 13.8. The molecule has 0 saturated carbocycles. The molecule has 0 fully saturated rings. The van der Waals surface area contributed by atoms with Crippen molar-refractivity contribution in [3.05, 3.63) is 44.9 Å². The lowest BCUT2D eigenvalue weighted by Crippen LogP contribution is -2.16. The maximum Gasteiger partial charge on any atom is 0.0798 e. The first-order valence-electron chi connectivity index (χ1n) is 6.15. The van der Waals surface area contributed by atoms with Crippen LogP contribution in [0, 0.1) is 6.92 Å². The van der Waals surface area contributed by atoms with Crippen LogP contribution in [0.4, 0.5) is 5.69 Å². The van der Waals surface area contributed by atoms with Crippen molar-refractivity contribution in [1.29, 1.82) is 0 Å². The first-order valence-corrected chi connectivity index (χ1v) is 7.40. The van der Waals surface area contributed by atoms with Gasteiger partial charge >= 0.3 is 0 Å². The Kier molecular flexibility index (Phi) is 4.80. The quantitative estimate of drug-likeness (QED) is 0.915. The molecule has 2 rings (SSSR count). The van der Waals surface area contributed by atoms with E-state index in [1.54, 1.807) is 11.3 Å². The van der Waals surface area contributed by atoms with Gasteiger partial charge in [0.2, 0.25) is 0 Å². The number of anilines is 1. The number of hydrogen-bond acceptors (Lipinski definition) is 4. The standard InChI is InChI=1S/C14H18ClN3S/c1-10-14(19-9-17-10)8-18(3)12-5-4-11(7-16-2)13(15)6-12/h4-6,9,16H,7-8H2,1-3H3. The lowest BCUT2D eigenvalue weighted by molar-refractivity contribution is 0.817. The van der Waals surface area contributed by atoms with Crippen molar-refractivity contribution in [2.45, 2.75) is 20.0 Å². The molecule has 2 aromatic rings. The summed E-state index contributed by atoms with van der Waals surface area (Å²) < 4.78 is 0. The molecule has 1 N–H and O–H groups in total. The minimum absolute atomic E-state index is 0.788. The third kappa shape index (κ3) is 3.47. The zero-order valence-corrected chi connectivity index (χ0v) is 13.0. The zero-order valence-electron chi connectivity index (χ0n) is 11.4. The van der Waals surface area contributed by atoms with Crippen LogP contribution in [0.2, 0.25) is 5.02 Å². The van der Waals surface area contributed by atoms with Gasteiger partial charge in [0.1, 0.15) is 0 Å². The van der Waals surface area contributed by atoms with E-state index in [9.17, 15) is 0 Å². The van der Waals surface area contributed by atoms with Gasteiger partial charge in [0.05, 0.1) is 17.7 Å². The van der Waals surface area contributed by atoms with Crippen LogP contribution in [0.1, 0.15) is 16.1 Å². The molecule has 0 bridgehead atoms. The first kappa shape index (κ1) is 14.3. The highest BCUT2D eigenvalue weighted by atomic mass is 35.5. The van der Waals surface area contributed by atoms with E-state index in [-0.39, 0.29) is 0 Å². The van der Waals surface area contributed by atoms with Crippen LogP contribution < -0.4 is 10.2 Å². The van der Waals surface area contributed by atoms with Gasteiger partial charge in [0.15, 0.2) is 0 Å². The first-order chi connectivity index (χ1) is 9.11. The van der Waals surface area contributed by atoms with Crippen LogP contribution >= 0.6 is 22.9 Å². The van der Waals surface area contributed by atoms with Gasteiger partial charge in [-0.05, 0) is 31.7 Å². The van der Waals surface area contributed by atoms with Crippen molar-refractivity contribution in [3.63, 3.8) is 0 Å². The summed E-state index contributed by atoms with van der Waals surface area (Å²) in [6.45, 7) is 3.69. The van der Waals surface area contributed by atoms with E-state index in [0.717, 1.165) is 35.1 Å². The fourth-order valence-corrected chi connectivity index (χ4v) is 2.96. The molecule has 5 heteroatoms. The van der Waals surface area contributed by atoms with Crippen LogP contribution in [0.5, 0.6) is 0 Å². The number of aryl methyl sites for hydroxylation is 1. The Balaban J connectivity index is 2.13. The van der Waals surface area contributed by atoms with Gasteiger partial charge in [-0.25, -0.2) is 4.98 Å². The summed E-state index contributed by atoms with van der Waals surface area (Å²) in [6.07, 6.45) is 0. The highest BCUT2D eigenvalue weighted by molar-refractivity contribution is 7.09. The Morgan fingerprint density at radius 3 is 2.79 bits per heavy atom. The van der Waals surface area contributed by atoms with Crippen molar-refractivity contribution in [3.8, 4) is 0 Å². The molecule has 0 aliphatic rings. The summed E-state index contributed by atoms with van der Waals surface area (Å²) in [5.41, 5.74) is 5.24. The van der Waals surface area contributed by atoms with Gasteiger partial charge < -0.3 is 10.2 Å². The second-order valence-corrected chi connectivity index (χ2v) is 5.87. The molecule has 102 valence electrons. The summed E-state index contributed by atoms with van der Waals surface area (Å²) in [4.78, 5) is 7.76. The average Bonchev–Trinajstić information content (AvgIpc) is 2.78. The van der Waals surface area contributed by atoms with Crippen LogP contribution in [0.3, 0.4) is 0 Å². The second kappa shape index (κ2) is 6.37. The third-order valence-corrected chi connectivity index (χ3v) is 4.34. The molecular formula is C14H18ClN3S. The van der Waals surface area contributed by atoms with E-state index in [4.69, 9.17) is 11.6 Å². The lowest BCUT2D eigenvalue weighted by atomic mass is 10.2. The number of rotatable bonds is 5. The number of nitrogens with zero attached hydrogens (tertiary/aromatic N) is 2. The van der Waals surface area contributed by atoms with Gasteiger partial charge in [-0.3, -0.25) is 0 Å². The number of nitrogens with one attached hydrogen (secondary N) is 1. The Morgan fingerprint density at radius 2 is 2.21 bits per heavy atom. The molecular weight excluding hydrogens is 278 g/mol. The Labute approximate surface area is 123 Å². The highest BCUT2D eigenvalue weighted by Crippen LogP contribution is 2.25. The minimum atomic E-state index is 0.788. The van der Waals surface area contributed by atoms with E-state index in [2.05, 4.69) is 34.4 Å². The molecule has 0 aliphatic heterocycles. The largest absolute Gasteiger partial charge is 0.369 e. The van der Waals surface area contributed by atoms with Crippen molar-refractivity contribution in [2.75, 3.05) is 19.0 Å². The number of hydrogen-bond donors (Lipinski definition) is 1. The van der Waals surface area contributed by atoms with Crippen LogP contribution in [0.25, 0.3) is 0 Å². The van der Waals surface area contributed by atoms with Crippen molar-refractivity contribution < 1.29 is 0 Å².